The van der Waals surface area contributed by atoms with Gasteiger partial charge in [0.25, 0.3) is 0 Å². The van der Waals surface area contributed by atoms with E-state index in [4.69, 9.17) is 4.74 Å². The van der Waals surface area contributed by atoms with Gasteiger partial charge >= 0.3 is 5.97 Å². The number of carbonyl (C=O) groups excluding carboxylic acids is 1. The molecule has 4 nitrogen and oxygen atoms in total. The van der Waals surface area contributed by atoms with Crippen LogP contribution in [0.25, 0.3) is 15.3 Å². The summed E-state index contributed by atoms with van der Waals surface area (Å²) in [5.74, 6) is -0.362. The monoisotopic (exact) mass is 258 g/mol. The topological polar surface area (TPSA) is 44.1 Å². The van der Waals surface area contributed by atoms with E-state index in [-0.39, 0.29) is 5.97 Å². The average Bonchev–Trinajstić information content (AvgIpc) is 3.03. The Bertz CT molecular complexity index is 681. The van der Waals surface area contributed by atoms with Gasteiger partial charge in [-0.3, -0.25) is 4.57 Å². The zero-order chi connectivity index (χ0) is 12.5. The minimum Gasteiger partial charge on any atom is -0.464 e. The number of ether oxygens (including phenoxy) is 1. The highest BCUT2D eigenvalue weighted by atomic mass is 32.1. The number of fused-ring (bicyclic) bond motifs is 1. The quantitative estimate of drug-likeness (QED) is 0.664. The fourth-order valence-electron chi connectivity index (χ4n) is 1.78. The van der Waals surface area contributed by atoms with Crippen molar-refractivity contribution in [1.82, 2.24) is 9.55 Å². The molecular weight excluding hydrogens is 248 g/mol. The molecule has 2 aromatic heterocycles. The second-order valence-corrected chi connectivity index (χ2v) is 4.73. The summed E-state index contributed by atoms with van der Waals surface area (Å²) in [5, 5.41) is 0.765. The Hall–Kier alpha value is -2.14. The largest absolute Gasteiger partial charge is 0.464 e. The second kappa shape index (κ2) is 4.27. The lowest BCUT2D eigenvalue weighted by molar-refractivity contribution is 0.0591. The molecule has 0 bridgehead atoms. The smallest absolute Gasteiger partial charge is 0.355 e. The molecule has 0 amide bonds. The molecule has 0 fully saturated rings. The molecular formula is C13H10N2O2S. The fourth-order valence-corrected chi connectivity index (χ4v) is 2.74. The third-order valence-corrected chi connectivity index (χ3v) is 3.67. The van der Waals surface area contributed by atoms with Gasteiger partial charge in [0.05, 0.1) is 17.3 Å². The molecule has 0 aliphatic carbocycles. The van der Waals surface area contributed by atoms with Crippen LogP contribution in [0.3, 0.4) is 0 Å². The summed E-state index contributed by atoms with van der Waals surface area (Å²) < 4.78 is 7.59. The summed E-state index contributed by atoms with van der Waals surface area (Å²) in [6.07, 6.45) is 1.81. The molecule has 1 aromatic carbocycles. The van der Waals surface area contributed by atoms with Gasteiger partial charge in [-0.2, -0.15) is 0 Å². The fraction of sp³-hybridized carbons (Fsp3) is 0.0769. The molecule has 0 saturated heterocycles. The predicted octanol–water partition coefficient (Wildman–Crippen LogP) is 2.87. The second-order valence-electron chi connectivity index (χ2n) is 3.72. The third kappa shape index (κ3) is 1.69. The number of para-hydroxylation sites is 1. The summed E-state index contributed by atoms with van der Waals surface area (Å²) in [5.41, 5.74) is 1.42. The molecule has 5 heteroatoms. The Morgan fingerprint density at radius 3 is 2.89 bits per heavy atom. The average molecular weight is 258 g/mol. The first-order valence-corrected chi connectivity index (χ1v) is 6.23. The Morgan fingerprint density at radius 1 is 1.28 bits per heavy atom. The highest BCUT2D eigenvalue weighted by Crippen LogP contribution is 2.25. The number of thiazole rings is 1. The van der Waals surface area contributed by atoms with E-state index in [1.165, 1.54) is 7.11 Å². The van der Waals surface area contributed by atoms with Crippen molar-refractivity contribution in [3.05, 3.63) is 48.3 Å². The first-order valence-electron chi connectivity index (χ1n) is 5.41. The number of hydrogen-bond donors (Lipinski definition) is 0. The predicted molar refractivity (Wildman–Crippen MR) is 70.3 cm³/mol. The third-order valence-electron chi connectivity index (χ3n) is 2.63. The first-order chi connectivity index (χ1) is 8.79. The molecule has 0 aliphatic rings. The van der Waals surface area contributed by atoms with Crippen LogP contribution >= 0.6 is 11.3 Å². The van der Waals surface area contributed by atoms with E-state index in [0.717, 1.165) is 15.3 Å². The van der Waals surface area contributed by atoms with E-state index in [2.05, 4.69) is 4.98 Å². The standard InChI is InChI=1S/C13H10N2O2S/c1-17-12(16)10-6-4-8-15(10)13-14-9-5-2-3-7-11(9)18-13/h2-8H,1H3. The van der Waals surface area contributed by atoms with Crippen LogP contribution in [0.15, 0.2) is 42.6 Å². The van der Waals surface area contributed by atoms with Crippen molar-refractivity contribution in [2.45, 2.75) is 0 Å². The Labute approximate surface area is 107 Å². The van der Waals surface area contributed by atoms with Gasteiger partial charge in [0.1, 0.15) is 5.69 Å². The lowest BCUT2D eigenvalue weighted by Gasteiger charge is -2.02. The number of benzene rings is 1. The molecule has 2 heterocycles. The van der Waals surface area contributed by atoms with Gasteiger partial charge in [0, 0.05) is 6.20 Å². The summed E-state index contributed by atoms with van der Waals surface area (Å²) in [7, 11) is 1.37. The van der Waals surface area contributed by atoms with Crippen LogP contribution in [0, 0.1) is 0 Å². The van der Waals surface area contributed by atoms with E-state index >= 15 is 0 Å². The molecule has 0 atom stereocenters. The van der Waals surface area contributed by atoms with Crippen molar-refractivity contribution >= 4 is 27.5 Å². The van der Waals surface area contributed by atoms with Crippen LogP contribution < -0.4 is 0 Å². The molecule has 18 heavy (non-hydrogen) atoms. The maximum absolute atomic E-state index is 11.6. The van der Waals surface area contributed by atoms with Gasteiger partial charge in [0.15, 0.2) is 5.13 Å². The van der Waals surface area contributed by atoms with Crippen molar-refractivity contribution in [3.63, 3.8) is 0 Å². The van der Waals surface area contributed by atoms with Gasteiger partial charge in [0.2, 0.25) is 0 Å². The normalized spacial score (nSPS) is 10.7. The summed E-state index contributed by atoms with van der Waals surface area (Å²) in [6.45, 7) is 0. The number of aromatic nitrogens is 2. The Morgan fingerprint density at radius 2 is 2.11 bits per heavy atom. The SMILES string of the molecule is COC(=O)c1cccn1-c1nc2ccccc2s1. The minimum absolute atomic E-state index is 0.362. The van der Waals surface area contributed by atoms with Crippen molar-refractivity contribution in [1.29, 1.82) is 0 Å². The highest BCUT2D eigenvalue weighted by molar-refractivity contribution is 7.20. The highest BCUT2D eigenvalue weighted by Gasteiger charge is 2.14. The summed E-state index contributed by atoms with van der Waals surface area (Å²) in [6, 6.07) is 11.4. The number of esters is 1. The molecule has 0 radical (unpaired) electrons. The molecule has 0 spiro atoms. The van der Waals surface area contributed by atoms with E-state index in [9.17, 15) is 4.79 Å². The van der Waals surface area contributed by atoms with Crippen LogP contribution in [-0.2, 0) is 4.74 Å². The van der Waals surface area contributed by atoms with Crippen LogP contribution in [0.5, 0.6) is 0 Å². The first kappa shape index (κ1) is 11.0. The Kier molecular flexibility index (Phi) is 2.60. The van der Waals surface area contributed by atoms with Crippen LogP contribution in [0.1, 0.15) is 10.5 Å². The zero-order valence-electron chi connectivity index (χ0n) is 9.66. The number of nitrogens with zero attached hydrogens (tertiary/aromatic N) is 2. The summed E-state index contributed by atoms with van der Waals surface area (Å²) in [4.78, 5) is 16.1. The molecule has 3 aromatic rings. The number of hydrogen-bond acceptors (Lipinski definition) is 4. The van der Waals surface area contributed by atoms with Gasteiger partial charge in [-0.15, -0.1) is 0 Å². The summed E-state index contributed by atoms with van der Waals surface area (Å²) >= 11 is 1.54. The number of rotatable bonds is 2. The molecule has 0 saturated carbocycles. The maximum Gasteiger partial charge on any atom is 0.355 e. The van der Waals surface area contributed by atoms with E-state index in [1.54, 1.807) is 28.0 Å². The molecule has 0 aliphatic heterocycles. The minimum atomic E-state index is -0.362. The van der Waals surface area contributed by atoms with Gasteiger partial charge in [-0.1, -0.05) is 23.5 Å². The lowest BCUT2D eigenvalue weighted by Crippen LogP contribution is -2.08. The van der Waals surface area contributed by atoms with Gasteiger partial charge in [-0.05, 0) is 24.3 Å². The van der Waals surface area contributed by atoms with E-state index in [0.29, 0.717) is 5.69 Å². The number of methoxy groups -OCH3 is 1. The molecule has 3 rings (SSSR count). The van der Waals surface area contributed by atoms with Crippen molar-refractivity contribution in [2.75, 3.05) is 7.11 Å². The Balaban J connectivity index is 2.14. The van der Waals surface area contributed by atoms with Crippen LogP contribution in [0.4, 0.5) is 0 Å². The number of carbonyl (C=O) groups is 1. The molecule has 0 unspecified atom stereocenters. The van der Waals surface area contributed by atoms with Gasteiger partial charge in [-0.25, -0.2) is 9.78 Å². The zero-order valence-corrected chi connectivity index (χ0v) is 10.5. The van der Waals surface area contributed by atoms with Crippen molar-refractivity contribution in [3.8, 4) is 5.13 Å². The van der Waals surface area contributed by atoms with Gasteiger partial charge < -0.3 is 4.74 Å². The molecule has 0 N–H and O–H groups in total. The maximum atomic E-state index is 11.6. The lowest BCUT2D eigenvalue weighted by atomic mass is 10.3. The van der Waals surface area contributed by atoms with E-state index in [1.807, 2.05) is 30.5 Å². The van der Waals surface area contributed by atoms with Crippen LogP contribution in [-0.4, -0.2) is 22.6 Å². The van der Waals surface area contributed by atoms with Crippen molar-refractivity contribution in [2.24, 2.45) is 0 Å². The van der Waals surface area contributed by atoms with E-state index < -0.39 is 0 Å². The van der Waals surface area contributed by atoms with Crippen molar-refractivity contribution < 1.29 is 9.53 Å². The van der Waals surface area contributed by atoms with Crippen LogP contribution in [0.2, 0.25) is 0 Å². The molecule has 90 valence electrons.